The fourth-order valence-corrected chi connectivity index (χ4v) is 2.69. The van der Waals surface area contributed by atoms with Crippen molar-refractivity contribution in [3.63, 3.8) is 0 Å². The second-order valence-electron chi connectivity index (χ2n) is 4.55. The Balaban J connectivity index is 3.04. The molecule has 1 aliphatic rings. The lowest BCUT2D eigenvalue weighted by Crippen LogP contribution is -2.42. The van der Waals surface area contributed by atoms with E-state index in [0.29, 0.717) is 0 Å². The Morgan fingerprint density at radius 2 is 1.22 bits per heavy atom. The first-order chi connectivity index (χ1) is 8.62. The highest BCUT2D eigenvalue weighted by Gasteiger charge is 2.48. The zero-order valence-corrected chi connectivity index (χ0v) is 11.6. The first-order valence-corrected chi connectivity index (χ1v) is 6.49. The minimum atomic E-state index is -0.427. The summed E-state index contributed by atoms with van der Waals surface area (Å²) in [4.78, 5) is 23.6. The van der Waals surface area contributed by atoms with Crippen LogP contribution in [-0.2, 0) is 19.1 Å². The molecule has 0 aromatic carbocycles. The topological polar surface area (TPSA) is 52.6 Å². The molecule has 0 saturated heterocycles. The molecule has 0 unspecified atom stereocenters. The van der Waals surface area contributed by atoms with Crippen LogP contribution in [-0.4, -0.2) is 26.2 Å². The van der Waals surface area contributed by atoms with E-state index < -0.39 is 11.8 Å². The van der Waals surface area contributed by atoms with Crippen LogP contribution in [0.15, 0.2) is 11.1 Å². The number of esters is 2. The zero-order chi connectivity index (χ0) is 13.7. The van der Waals surface area contributed by atoms with Crippen molar-refractivity contribution in [2.45, 2.75) is 39.5 Å². The van der Waals surface area contributed by atoms with Gasteiger partial charge >= 0.3 is 11.9 Å². The van der Waals surface area contributed by atoms with E-state index in [9.17, 15) is 9.59 Å². The molecule has 0 radical (unpaired) electrons. The van der Waals surface area contributed by atoms with Gasteiger partial charge in [0.1, 0.15) is 0 Å². The molecule has 0 spiro atoms. The maximum atomic E-state index is 11.8. The molecule has 1 rings (SSSR count). The Labute approximate surface area is 108 Å². The molecule has 18 heavy (non-hydrogen) atoms. The van der Waals surface area contributed by atoms with Gasteiger partial charge in [0.2, 0.25) is 0 Å². The molecule has 0 aromatic heterocycles. The van der Waals surface area contributed by atoms with Gasteiger partial charge in [-0.3, -0.25) is 9.59 Å². The van der Waals surface area contributed by atoms with Gasteiger partial charge in [-0.25, -0.2) is 0 Å². The van der Waals surface area contributed by atoms with Gasteiger partial charge in [-0.05, 0) is 12.8 Å². The molecule has 4 nitrogen and oxygen atoms in total. The highest BCUT2D eigenvalue weighted by atomic mass is 16.5. The Morgan fingerprint density at radius 1 is 0.889 bits per heavy atom. The molecule has 102 valence electrons. The molecule has 0 saturated carbocycles. The quantitative estimate of drug-likeness (QED) is 0.539. The molecule has 0 aromatic rings. The second-order valence-corrected chi connectivity index (χ2v) is 4.55. The lowest BCUT2D eigenvalue weighted by molar-refractivity contribution is -0.156. The number of rotatable bonds is 6. The summed E-state index contributed by atoms with van der Waals surface area (Å²) >= 11 is 0. The van der Waals surface area contributed by atoms with Crippen molar-refractivity contribution >= 4 is 11.9 Å². The highest BCUT2D eigenvalue weighted by Crippen LogP contribution is 2.46. The monoisotopic (exact) mass is 254 g/mol. The van der Waals surface area contributed by atoms with Crippen molar-refractivity contribution in [1.82, 2.24) is 0 Å². The molecule has 0 amide bonds. The van der Waals surface area contributed by atoms with Crippen LogP contribution >= 0.6 is 0 Å². The average Bonchev–Trinajstić information content (AvgIpc) is 2.38. The summed E-state index contributed by atoms with van der Waals surface area (Å²) in [6.07, 6.45) is 3.62. The van der Waals surface area contributed by atoms with E-state index in [1.807, 2.05) is 0 Å². The molecular formula is C14H22O4. The maximum Gasteiger partial charge on any atom is 0.314 e. The number of methoxy groups -OCH3 is 2. The summed E-state index contributed by atoms with van der Waals surface area (Å²) in [6, 6.07) is 0. The van der Waals surface area contributed by atoms with E-state index in [4.69, 9.17) is 9.47 Å². The van der Waals surface area contributed by atoms with Crippen LogP contribution in [0, 0.1) is 11.8 Å². The Kier molecular flexibility index (Phi) is 5.38. The van der Waals surface area contributed by atoms with Gasteiger partial charge in [0.15, 0.2) is 0 Å². The first kappa shape index (κ1) is 14.7. The summed E-state index contributed by atoms with van der Waals surface area (Å²) in [7, 11) is 2.72. The molecule has 0 bridgehead atoms. The van der Waals surface area contributed by atoms with E-state index in [0.717, 1.165) is 36.8 Å². The Hall–Kier alpha value is -1.32. The van der Waals surface area contributed by atoms with Crippen LogP contribution in [0.2, 0.25) is 0 Å². The van der Waals surface area contributed by atoms with Gasteiger partial charge in [-0.2, -0.15) is 0 Å². The standard InChI is InChI=1S/C14H22O4/c1-5-7-9-10(8-6-2)12(14(16)18-4)11(9)13(15)17-3/h11-12H,5-8H2,1-4H3/t11-,12-/m1/s1. The normalized spacial score (nSPS) is 22.4. The van der Waals surface area contributed by atoms with Gasteiger partial charge in [-0.1, -0.05) is 37.8 Å². The van der Waals surface area contributed by atoms with Crippen LogP contribution in [0.3, 0.4) is 0 Å². The molecule has 2 atom stereocenters. The summed E-state index contributed by atoms with van der Waals surface area (Å²) in [6.45, 7) is 4.13. The fourth-order valence-electron chi connectivity index (χ4n) is 2.69. The summed E-state index contributed by atoms with van der Waals surface area (Å²) in [5.41, 5.74) is 2.17. The van der Waals surface area contributed by atoms with E-state index >= 15 is 0 Å². The molecule has 0 fully saturated rings. The van der Waals surface area contributed by atoms with E-state index in [2.05, 4.69) is 13.8 Å². The second kappa shape index (κ2) is 6.57. The van der Waals surface area contributed by atoms with E-state index in [1.54, 1.807) is 0 Å². The minimum absolute atomic E-state index is 0.325. The fraction of sp³-hybridized carbons (Fsp3) is 0.714. The van der Waals surface area contributed by atoms with Gasteiger partial charge in [0.25, 0.3) is 0 Å². The average molecular weight is 254 g/mol. The van der Waals surface area contributed by atoms with Crippen LogP contribution in [0.25, 0.3) is 0 Å². The lowest BCUT2D eigenvalue weighted by Gasteiger charge is -2.38. The zero-order valence-electron chi connectivity index (χ0n) is 11.6. The summed E-state index contributed by atoms with van der Waals surface area (Å²) in [5.74, 6) is -1.50. The van der Waals surface area contributed by atoms with Crippen LogP contribution in [0.5, 0.6) is 0 Å². The third-order valence-electron chi connectivity index (χ3n) is 3.45. The van der Waals surface area contributed by atoms with Crippen molar-refractivity contribution in [3.05, 3.63) is 11.1 Å². The predicted molar refractivity (Wildman–Crippen MR) is 67.9 cm³/mol. The lowest BCUT2D eigenvalue weighted by atomic mass is 9.65. The van der Waals surface area contributed by atoms with Gasteiger partial charge in [0, 0.05) is 0 Å². The van der Waals surface area contributed by atoms with Crippen molar-refractivity contribution < 1.29 is 19.1 Å². The Bertz CT molecular complexity index is 323. The minimum Gasteiger partial charge on any atom is -0.469 e. The molecule has 4 heteroatoms. The maximum absolute atomic E-state index is 11.8. The van der Waals surface area contributed by atoms with Crippen LogP contribution in [0.1, 0.15) is 39.5 Å². The van der Waals surface area contributed by atoms with Gasteiger partial charge < -0.3 is 9.47 Å². The van der Waals surface area contributed by atoms with Crippen LogP contribution < -0.4 is 0 Å². The Morgan fingerprint density at radius 3 is 1.44 bits per heavy atom. The number of carbonyl (C=O) groups excluding carboxylic acids is 2. The molecule has 0 heterocycles. The van der Waals surface area contributed by atoms with Crippen molar-refractivity contribution in [2.75, 3.05) is 14.2 Å². The third kappa shape index (κ3) is 2.57. The molecule has 0 aliphatic heterocycles. The van der Waals surface area contributed by atoms with Gasteiger partial charge in [-0.15, -0.1) is 0 Å². The van der Waals surface area contributed by atoms with Crippen molar-refractivity contribution in [3.8, 4) is 0 Å². The smallest absolute Gasteiger partial charge is 0.314 e. The summed E-state index contributed by atoms with van der Waals surface area (Å²) in [5, 5.41) is 0. The van der Waals surface area contributed by atoms with E-state index in [1.165, 1.54) is 14.2 Å². The van der Waals surface area contributed by atoms with Crippen molar-refractivity contribution in [1.29, 1.82) is 0 Å². The van der Waals surface area contributed by atoms with Crippen LogP contribution in [0.4, 0.5) is 0 Å². The largest absolute Gasteiger partial charge is 0.469 e. The van der Waals surface area contributed by atoms with Gasteiger partial charge in [0.05, 0.1) is 26.1 Å². The molecule has 1 aliphatic carbocycles. The SMILES string of the molecule is CCCC1=C(CCC)[C@@H](C(=O)OC)[C@@H]1C(=O)OC. The molecule has 0 N–H and O–H groups in total. The highest BCUT2D eigenvalue weighted by molar-refractivity contribution is 5.90. The number of carbonyl (C=O) groups is 2. The predicted octanol–water partition coefficient (Wildman–Crippen LogP) is 2.48. The molecular weight excluding hydrogens is 232 g/mol. The number of hydrogen-bond acceptors (Lipinski definition) is 4. The third-order valence-corrected chi connectivity index (χ3v) is 3.45. The van der Waals surface area contributed by atoms with E-state index in [-0.39, 0.29) is 11.9 Å². The number of ether oxygens (including phenoxy) is 2. The number of hydrogen-bond donors (Lipinski definition) is 0. The summed E-state index contributed by atoms with van der Waals surface area (Å²) < 4.78 is 9.60. The first-order valence-electron chi connectivity index (χ1n) is 6.49. The van der Waals surface area contributed by atoms with Crippen molar-refractivity contribution in [2.24, 2.45) is 11.8 Å².